The number of alkyl halides is 1. The molecule has 1 aromatic rings. The summed E-state index contributed by atoms with van der Waals surface area (Å²) in [6, 6.07) is 3.18. The molecule has 22 heavy (non-hydrogen) atoms. The molecule has 1 aliphatic rings. The number of aromatic nitrogens is 1. The van der Waals surface area contributed by atoms with Crippen molar-refractivity contribution in [2.45, 2.75) is 38.9 Å². The first-order valence-electron chi connectivity index (χ1n) is 7.13. The van der Waals surface area contributed by atoms with Crippen LogP contribution < -0.4 is 4.74 Å². The Balaban J connectivity index is 2.06. The van der Waals surface area contributed by atoms with E-state index in [2.05, 4.69) is 4.98 Å². The summed E-state index contributed by atoms with van der Waals surface area (Å²) >= 11 is 0. The molecule has 0 N–H and O–H groups in total. The summed E-state index contributed by atoms with van der Waals surface area (Å²) in [5, 5.41) is 0. The van der Waals surface area contributed by atoms with Gasteiger partial charge in [0.2, 0.25) is 5.88 Å². The molecule has 2 heterocycles. The quantitative estimate of drug-likeness (QED) is 0.782. The number of hydrogen-bond donors (Lipinski definition) is 0. The van der Waals surface area contributed by atoms with Gasteiger partial charge in [0, 0.05) is 12.3 Å². The summed E-state index contributed by atoms with van der Waals surface area (Å²) in [5.41, 5.74) is -1.17. The van der Waals surface area contributed by atoms with Gasteiger partial charge in [-0.15, -0.1) is 0 Å². The van der Waals surface area contributed by atoms with Crippen LogP contribution in [-0.4, -0.2) is 36.6 Å². The number of halogens is 2. The molecular weight excluding hydrogens is 291 g/mol. The Labute approximate surface area is 129 Å². The Morgan fingerprint density at radius 2 is 1.91 bits per heavy atom. The highest BCUT2D eigenvalue weighted by atomic mass is 19.1. The maximum atomic E-state index is 14.3. The average Bonchev–Trinajstić information content (AvgIpc) is 2.67. The molecule has 0 saturated carbocycles. The molecule has 0 spiro atoms. The van der Waals surface area contributed by atoms with E-state index in [1.54, 1.807) is 12.1 Å². The molecule has 0 atom stereocenters. The summed E-state index contributed by atoms with van der Waals surface area (Å²) in [6.07, 6.45) is 2.74. The zero-order valence-corrected chi connectivity index (χ0v) is 13.2. The van der Waals surface area contributed by atoms with Crippen LogP contribution >= 0.6 is 0 Å². The lowest BCUT2D eigenvalue weighted by Gasteiger charge is -2.32. The molecule has 0 radical (unpaired) electrons. The van der Waals surface area contributed by atoms with E-state index in [4.69, 9.17) is 14.0 Å². The van der Waals surface area contributed by atoms with Crippen LogP contribution in [0.15, 0.2) is 24.1 Å². The summed E-state index contributed by atoms with van der Waals surface area (Å²) in [4.78, 5) is 3.97. The van der Waals surface area contributed by atoms with Gasteiger partial charge in [0.25, 0.3) is 0 Å². The number of hydrogen-bond acceptors (Lipinski definition) is 4. The Morgan fingerprint density at radius 3 is 2.41 bits per heavy atom. The zero-order chi connectivity index (χ0) is 16.4. The third kappa shape index (κ3) is 3.65. The molecule has 7 heteroatoms. The normalized spacial score (nSPS) is 20.3. The topological polar surface area (TPSA) is 40.6 Å². The fourth-order valence-electron chi connectivity index (χ4n) is 1.89. The predicted octanol–water partition coefficient (Wildman–Crippen LogP) is 3.37. The summed E-state index contributed by atoms with van der Waals surface area (Å²) in [5.74, 6) is 0.297. The molecular formula is C15H20BF2NO3. The average molecular weight is 311 g/mol. The molecule has 0 unspecified atom stereocenters. The first-order valence-corrected chi connectivity index (χ1v) is 7.13. The van der Waals surface area contributed by atoms with Crippen LogP contribution in [0.1, 0.15) is 33.3 Å². The number of rotatable bonds is 5. The molecule has 1 aliphatic heterocycles. The van der Waals surface area contributed by atoms with Crippen molar-refractivity contribution in [2.75, 3.05) is 13.3 Å². The van der Waals surface area contributed by atoms with Crippen LogP contribution in [0.4, 0.5) is 8.78 Å². The van der Waals surface area contributed by atoms with Crippen molar-refractivity contribution < 1.29 is 22.8 Å². The standard InChI is InChI=1S/C15H20BF2NO3/c1-14(2)15(3,4)22-16(21-14)12(18)9-11-5-6-13(19-10-11)20-8-7-17/h5-6,9-10H,7-8H2,1-4H3. The highest BCUT2D eigenvalue weighted by molar-refractivity contribution is 6.54. The number of pyridine rings is 1. The van der Waals surface area contributed by atoms with E-state index in [0.29, 0.717) is 11.4 Å². The monoisotopic (exact) mass is 311 g/mol. The van der Waals surface area contributed by atoms with Crippen molar-refractivity contribution in [1.82, 2.24) is 4.98 Å². The molecule has 0 aliphatic carbocycles. The molecule has 120 valence electrons. The van der Waals surface area contributed by atoms with E-state index in [1.165, 1.54) is 12.3 Å². The minimum Gasteiger partial charge on any atom is -0.475 e. The Kier molecular flexibility index (Phi) is 4.87. The van der Waals surface area contributed by atoms with E-state index in [-0.39, 0.29) is 6.61 Å². The van der Waals surface area contributed by atoms with E-state index in [1.807, 2.05) is 27.7 Å². The molecule has 2 rings (SSSR count). The lowest BCUT2D eigenvalue weighted by Crippen LogP contribution is -2.41. The van der Waals surface area contributed by atoms with Crippen molar-refractivity contribution >= 4 is 13.2 Å². The minimum absolute atomic E-state index is 0.0511. The highest BCUT2D eigenvalue weighted by Crippen LogP contribution is 2.39. The van der Waals surface area contributed by atoms with Gasteiger partial charge in [-0.05, 0) is 45.4 Å². The van der Waals surface area contributed by atoms with Gasteiger partial charge in [0.1, 0.15) is 19.0 Å². The second-order valence-corrected chi connectivity index (χ2v) is 6.08. The molecule has 4 nitrogen and oxygen atoms in total. The van der Waals surface area contributed by atoms with Crippen molar-refractivity contribution in [2.24, 2.45) is 0 Å². The van der Waals surface area contributed by atoms with Crippen molar-refractivity contribution in [3.63, 3.8) is 0 Å². The van der Waals surface area contributed by atoms with Crippen molar-refractivity contribution in [1.29, 1.82) is 0 Å². The van der Waals surface area contributed by atoms with E-state index >= 15 is 0 Å². The summed E-state index contributed by atoms with van der Waals surface area (Å²) in [6.45, 7) is 6.81. The summed E-state index contributed by atoms with van der Waals surface area (Å²) < 4.78 is 42.5. The van der Waals surface area contributed by atoms with Gasteiger partial charge in [0.15, 0.2) is 0 Å². The van der Waals surface area contributed by atoms with Gasteiger partial charge < -0.3 is 14.0 Å². The predicted molar refractivity (Wildman–Crippen MR) is 80.9 cm³/mol. The fraction of sp³-hybridized carbons (Fsp3) is 0.533. The van der Waals surface area contributed by atoms with E-state index < -0.39 is 30.7 Å². The number of ether oxygens (including phenoxy) is 1. The van der Waals surface area contributed by atoms with Crippen molar-refractivity contribution in [3.05, 3.63) is 29.6 Å². The Morgan fingerprint density at radius 1 is 1.27 bits per heavy atom. The van der Waals surface area contributed by atoms with Gasteiger partial charge >= 0.3 is 7.12 Å². The molecule has 1 saturated heterocycles. The second kappa shape index (κ2) is 6.34. The molecule has 1 aromatic heterocycles. The first-order chi connectivity index (χ1) is 10.2. The lowest BCUT2D eigenvalue weighted by molar-refractivity contribution is 0.00578. The van der Waals surface area contributed by atoms with E-state index in [9.17, 15) is 8.78 Å². The highest BCUT2D eigenvalue weighted by Gasteiger charge is 2.53. The maximum absolute atomic E-state index is 14.3. The largest absolute Gasteiger partial charge is 0.525 e. The van der Waals surface area contributed by atoms with E-state index in [0.717, 1.165) is 0 Å². The molecule has 0 bridgehead atoms. The van der Waals surface area contributed by atoms with Gasteiger partial charge in [-0.1, -0.05) is 0 Å². The first kappa shape index (κ1) is 16.9. The third-order valence-electron chi connectivity index (χ3n) is 3.87. The maximum Gasteiger partial charge on any atom is 0.525 e. The molecule has 0 aromatic carbocycles. The minimum atomic E-state index is -1.03. The second-order valence-electron chi connectivity index (χ2n) is 6.08. The SMILES string of the molecule is CC1(C)OB(C(F)=Cc2ccc(OCCF)nc2)OC1(C)C. The zero-order valence-electron chi connectivity index (χ0n) is 13.2. The van der Waals surface area contributed by atoms with Crippen LogP contribution in [0.3, 0.4) is 0 Å². The Hall–Kier alpha value is -1.47. The van der Waals surface area contributed by atoms with Gasteiger partial charge in [-0.3, -0.25) is 0 Å². The van der Waals surface area contributed by atoms with Gasteiger partial charge in [-0.25, -0.2) is 13.8 Å². The summed E-state index contributed by atoms with van der Waals surface area (Å²) in [7, 11) is -1.03. The van der Waals surface area contributed by atoms with Crippen LogP contribution in [0.5, 0.6) is 5.88 Å². The van der Waals surface area contributed by atoms with Gasteiger partial charge in [0.05, 0.1) is 11.2 Å². The smallest absolute Gasteiger partial charge is 0.475 e. The molecule has 1 fully saturated rings. The van der Waals surface area contributed by atoms with Crippen molar-refractivity contribution in [3.8, 4) is 5.88 Å². The Bertz CT molecular complexity index is 530. The van der Waals surface area contributed by atoms with Crippen LogP contribution in [0.25, 0.3) is 6.08 Å². The lowest BCUT2D eigenvalue weighted by atomic mass is 9.87. The van der Waals surface area contributed by atoms with Crippen LogP contribution in [0, 0.1) is 0 Å². The fourth-order valence-corrected chi connectivity index (χ4v) is 1.89. The van der Waals surface area contributed by atoms with Crippen LogP contribution in [-0.2, 0) is 9.31 Å². The third-order valence-corrected chi connectivity index (χ3v) is 3.87. The number of nitrogens with zero attached hydrogens (tertiary/aromatic N) is 1. The molecule has 0 amide bonds. The van der Waals surface area contributed by atoms with Gasteiger partial charge in [-0.2, -0.15) is 0 Å². The van der Waals surface area contributed by atoms with Crippen LogP contribution in [0.2, 0.25) is 0 Å².